The van der Waals surface area contributed by atoms with E-state index in [1.165, 1.54) is 0 Å². The number of carbonyl (C=O) groups excluding carboxylic acids is 1. The first kappa shape index (κ1) is 15.3. The summed E-state index contributed by atoms with van der Waals surface area (Å²) in [7, 11) is 0. The lowest BCUT2D eigenvalue weighted by Crippen LogP contribution is -2.28. The molecule has 0 aliphatic rings. The zero-order valence-electron chi connectivity index (χ0n) is 12.8. The molecule has 4 heteroatoms. The predicted octanol–water partition coefficient (Wildman–Crippen LogP) is 4.90. The lowest BCUT2D eigenvalue weighted by Gasteiger charge is -2.20. The molecule has 0 atom stereocenters. The summed E-state index contributed by atoms with van der Waals surface area (Å²) in [6.45, 7) is 2.43. The van der Waals surface area contributed by atoms with Gasteiger partial charge in [0.1, 0.15) is 5.76 Å². The van der Waals surface area contributed by atoms with E-state index < -0.39 is 0 Å². The molecule has 2 heterocycles. The van der Waals surface area contributed by atoms with Crippen LogP contribution in [0.25, 0.3) is 6.08 Å². The van der Waals surface area contributed by atoms with E-state index in [0.29, 0.717) is 6.54 Å². The van der Waals surface area contributed by atoms with Crippen LogP contribution in [-0.2, 0) is 11.3 Å². The van der Waals surface area contributed by atoms with E-state index in [1.807, 2.05) is 66.9 Å². The Morgan fingerprint density at radius 2 is 2.00 bits per heavy atom. The molecule has 2 aromatic heterocycles. The van der Waals surface area contributed by atoms with Crippen molar-refractivity contribution in [2.45, 2.75) is 13.5 Å². The van der Waals surface area contributed by atoms with Crippen LogP contribution < -0.4 is 4.90 Å². The largest absolute Gasteiger partial charge is 0.467 e. The van der Waals surface area contributed by atoms with Gasteiger partial charge in [0.25, 0.3) is 5.91 Å². The maximum atomic E-state index is 12.7. The maximum absolute atomic E-state index is 12.7. The van der Waals surface area contributed by atoms with Gasteiger partial charge in [-0.3, -0.25) is 4.79 Å². The van der Waals surface area contributed by atoms with E-state index in [0.717, 1.165) is 21.9 Å². The Kier molecular flexibility index (Phi) is 4.74. The summed E-state index contributed by atoms with van der Waals surface area (Å²) < 4.78 is 5.39. The molecular weight excluding hydrogens is 306 g/mol. The second kappa shape index (κ2) is 7.11. The van der Waals surface area contributed by atoms with Crippen molar-refractivity contribution < 1.29 is 9.21 Å². The summed E-state index contributed by atoms with van der Waals surface area (Å²) in [5.74, 6) is 0.683. The molecular formula is C19H17NO2S. The SMILES string of the molecule is Cc1ccc(N(Cc2ccco2)C(=O)/C=C/c2cccs2)cc1. The van der Waals surface area contributed by atoms with Crippen molar-refractivity contribution >= 4 is 29.0 Å². The van der Waals surface area contributed by atoms with E-state index in [-0.39, 0.29) is 5.91 Å². The number of carbonyl (C=O) groups is 1. The Morgan fingerprint density at radius 3 is 2.65 bits per heavy atom. The molecule has 1 amide bonds. The van der Waals surface area contributed by atoms with Crippen LogP contribution >= 0.6 is 11.3 Å². The molecule has 0 fully saturated rings. The van der Waals surface area contributed by atoms with Gasteiger partial charge in [-0.05, 0) is 48.7 Å². The molecule has 0 radical (unpaired) electrons. The number of amides is 1. The maximum Gasteiger partial charge on any atom is 0.251 e. The van der Waals surface area contributed by atoms with Gasteiger partial charge in [-0.2, -0.15) is 0 Å². The normalized spacial score (nSPS) is 11.0. The number of hydrogen-bond donors (Lipinski definition) is 0. The molecule has 23 heavy (non-hydrogen) atoms. The molecule has 3 nitrogen and oxygen atoms in total. The number of furan rings is 1. The summed E-state index contributed by atoms with van der Waals surface area (Å²) in [6, 6.07) is 15.6. The molecule has 1 aromatic carbocycles. The molecule has 0 aliphatic heterocycles. The minimum atomic E-state index is -0.0707. The first-order chi connectivity index (χ1) is 11.2. The molecule has 3 rings (SSSR count). The molecule has 0 aliphatic carbocycles. The lowest BCUT2D eigenvalue weighted by molar-refractivity contribution is -0.114. The number of nitrogens with zero attached hydrogens (tertiary/aromatic N) is 1. The van der Waals surface area contributed by atoms with Gasteiger partial charge in [0, 0.05) is 16.6 Å². The smallest absolute Gasteiger partial charge is 0.251 e. The van der Waals surface area contributed by atoms with Crippen molar-refractivity contribution in [1.82, 2.24) is 0 Å². The highest BCUT2D eigenvalue weighted by Crippen LogP contribution is 2.20. The van der Waals surface area contributed by atoms with Gasteiger partial charge >= 0.3 is 0 Å². The van der Waals surface area contributed by atoms with E-state index in [1.54, 1.807) is 28.6 Å². The number of hydrogen-bond acceptors (Lipinski definition) is 3. The molecule has 0 spiro atoms. The van der Waals surface area contributed by atoms with Crippen molar-refractivity contribution in [3.8, 4) is 0 Å². The Labute approximate surface area is 139 Å². The summed E-state index contributed by atoms with van der Waals surface area (Å²) >= 11 is 1.60. The van der Waals surface area contributed by atoms with Crippen LogP contribution in [0.5, 0.6) is 0 Å². The molecule has 116 valence electrons. The third-order valence-corrected chi connectivity index (χ3v) is 4.28. The van der Waals surface area contributed by atoms with Gasteiger partial charge < -0.3 is 9.32 Å². The zero-order chi connectivity index (χ0) is 16.1. The number of thiophene rings is 1. The van der Waals surface area contributed by atoms with Crippen LogP contribution in [0.2, 0.25) is 0 Å². The molecule has 0 saturated heterocycles. The lowest BCUT2D eigenvalue weighted by atomic mass is 10.2. The molecule has 0 N–H and O–H groups in total. The molecule has 0 saturated carbocycles. The van der Waals surface area contributed by atoms with Crippen LogP contribution in [0.3, 0.4) is 0 Å². The Hall–Kier alpha value is -2.59. The van der Waals surface area contributed by atoms with Crippen LogP contribution in [0.15, 0.2) is 70.7 Å². The fourth-order valence-electron chi connectivity index (χ4n) is 2.21. The summed E-state index contributed by atoms with van der Waals surface area (Å²) in [5.41, 5.74) is 2.01. The van der Waals surface area contributed by atoms with Gasteiger partial charge in [0.05, 0.1) is 12.8 Å². The minimum Gasteiger partial charge on any atom is -0.467 e. The standard InChI is InChI=1S/C19H17NO2S/c1-15-6-8-16(9-7-15)20(14-17-4-2-12-22-17)19(21)11-10-18-5-3-13-23-18/h2-13H,14H2,1H3/b11-10+. The van der Waals surface area contributed by atoms with Gasteiger partial charge in [0.15, 0.2) is 0 Å². The van der Waals surface area contributed by atoms with Crippen molar-refractivity contribution in [2.24, 2.45) is 0 Å². The van der Waals surface area contributed by atoms with Crippen LogP contribution in [0.1, 0.15) is 16.2 Å². The highest BCUT2D eigenvalue weighted by atomic mass is 32.1. The fraction of sp³-hybridized carbons (Fsp3) is 0.105. The Balaban J connectivity index is 1.84. The van der Waals surface area contributed by atoms with Crippen LogP contribution in [-0.4, -0.2) is 5.91 Å². The van der Waals surface area contributed by atoms with E-state index >= 15 is 0 Å². The summed E-state index contributed by atoms with van der Waals surface area (Å²) in [4.78, 5) is 15.4. The number of benzene rings is 1. The van der Waals surface area contributed by atoms with Gasteiger partial charge in [0.2, 0.25) is 0 Å². The first-order valence-corrected chi connectivity index (χ1v) is 8.22. The zero-order valence-corrected chi connectivity index (χ0v) is 13.6. The van der Waals surface area contributed by atoms with Gasteiger partial charge in [-0.25, -0.2) is 0 Å². The second-order valence-corrected chi connectivity index (χ2v) is 6.17. The van der Waals surface area contributed by atoms with Crippen molar-refractivity contribution in [2.75, 3.05) is 4.90 Å². The quantitative estimate of drug-likeness (QED) is 0.626. The Morgan fingerprint density at radius 1 is 1.17 bits per heavy atom. The van der Waals surface area contributed by atoms with Crippen LogP contribution in [0, 0.1) is 6.92 Å². The van der Waals surface area contributed by atoms with Crippen LogP contribution in [0.4, 0.5) is 5.69 Å². The Bertz CT molecular complexity index is 771. The minimum absolute atomic E-state index is 0.0707. The van der Waals surface area contributed by atoms with E-state index in [2.05, 4.69) is 0 Å². The third kappa shape index (κ3) is 3.99. The number of rotatable bonds is 5. The van der Waals surface area contributed by atoms with Gasteiger partial charge in [-0.15, -0.1) is 11.3 Å². The van der Waals surface area contributed by atoms with E-state index in [9.17, 15) is 4.79 Å². The molecule has 0 unspecified atom stereocenters. The average molecular weight is 323 g/mol. The van der Waals surface area contributed by atoms with E-state index in [4.69, 9.17) is 4.42 Å². The number of aryl methyl sites for hydroxylation is 1. The first-order valence-electron chi connectivity index (χ1n) is 7.34. The number of anilines is 1. The fourth-order valence-corrected chi connectivity index (χ4v) is 2.83. The molecule has 0 bridgehead atoms. The summed E-state index contributed by atoms with van der Waals surface area (Å²) in [6.07, 6.45) is 5.07. The van der Waals surface area contributed by atoms with Crippen molar-refractivity contribution in [3.63, 3.8) is 0 Å². The summed E-state index contributed by atoms with van der Waals surface area (Å²) in [5, 5.41) is 1.99. The topological polar surface area (TPSA) is 33.5 Å². The predicted molar refractivity (Wildman–Crippen MR) is 94.4 cm³/mol. The average Bonchev–Trinajstić information content (AvgIpc) is 3.25. The van der Waals surface area contributed by atoms with Crippen molar-refractivity contribution in [3.05, 3.63) is 82.5 Å². The molecule has 3 aromatic rings. The van der Waals surface area contributed by atoms with Crippen molar-refractivity contribution in [1.29, 1.82) is 0 Å². The van der Waals surface area contributed by atoms with Gasteiger partial charge in [-0.1, -0.05) is 23.8 Å². The highest BCUT2D eigenvalue weighted by Gasteiger charge is 2.15. The third-order valence-electron chi connectivity index (χ3n) is 3.44. The highest BCUT2D eigenvalue weighted by molar-refractivity contribution is 7.10. The monoisotopic (exact) mass is 323 g/mol. The second-order valence-electron chi connectivity index (χ2n) is 5.19.